The van der Waals surface area contributed by atoms with E-state index < -0.39 is 0 Å². The summed E-state index contributed by atoms with van der Waals surface area (Å²) in [6.45, 7) is 1.90. The number of ketones is 1. The molecule has 2 aliphatic carbocycles. The summed E-state index contributed by atoms with van der Waals surface area (Å²) in [5.41, 5.74) is 4.22. The summed E-state index contributed by atoms with van der Waals surface area (Å²) in [5, 5.41) is 14.2. The van der Waals surface area contributed by atoms with Gasteiger partial charge >= 0.3 is 0 Å². The molecule has 1 heterocycles. The zero-order valence-corrected chi connectivity index (χ0v) is 11.5. The van der Waals surface area contributed by atoms with Gasteiger partial charge in [0, 0.05) is 18.2 Å². The fraction of sp³-hybridized carbons (Fsp3) is 0.214. The minimum atomic E-state index is -0.370. The molecule has 0 atom stereocenters. The number of nitrogens with zero attached hydrogens (tertiary/aromatic N) is 1. The number of hydrogen-bond acceptors (Lipinski definition) is 4. The van der Waals surface area contributed by atoms with E-state index >= 15 is 0 Å². The number of carbonyl (C=O) groups is 1. The third-order valence-electron chi connectivity index (χ3n) is 3.70. The smallest absolute Gasteiger partial charge is 0.250 e. The summed E-state index contributed by atoms with van der Waals surface area (Å²) in [6.07, 6.45) is 5.50. The Balaban J connectivity index is 2.14. The summed E-state index contributed by atoms with van der Waals surface area (Å²) in [7, 11) is 0. The van der Waals surface area contributed by atoms with Gasteiger partial charge in [0.05, 0.1) is 17.0 Å². The van der Waals surface area contributed by atoms with E-state index in [1.807, 2.05) is 13.0 Å². The van der Waals surface area contributed by atoms with E-state index in [4.69, 9.17) is 11.6 Å². The van der Waals surface area contributed by atoms with Gasteiger partial charge in [-0.1, -0.05) is 17.7 Å². The first-order valence-corrected chi connectivity index (χ1v) is 6.53. The summed E-state index contributed by atoms with van der Waals surface area (Å²) >= 11 is 6.07. The molecule has 1 N–H and O–H groups in total. The quantitative estimate of drug-likeness (QED) is 0.595. The predicted molar refractivity (Wildman–Crippen MR) is 74.2 cm³/mol. The third-order valence-corrected chi connectivity index (χ3v) is 4.10. The number of fused-ring (bicyclic) bond motifs is 2. The molecule has 0 spiro atoms. The molecule has 6 heteroatoms. The molecule has 0 bridgehead atoms. The number of nitrogens with one attached hydrogen (secondary N) is 1. The van der Waals surface area contributed by atoms with Crippen LogP contribution in [0.15, 0.2) is 57.1 Å². The van der Waals surface area contributed by atoms with Crippen LogP contribution in [-0.4, -0.2) is 10.7 Å². The van der Waals surface area contributed by atoms with E-state index in [1.165, 1.54) is 6.08 Å². The number of nitro groups is 1. The molecule has 5 nitrogen and oxygen atoms in total. The Labute approximate surface area is 120 Å². The third kappa shape index (κ3) is 1.82. The van der Waals surface area contributed by atoms with Crippen molar-refractivity contribution in [3.8, 4) is 0 Å². The molecule has 3 aliphatic rings. The molecule has 0 unspecified atom stereocenters. The molecular formula is C14H11ClN2O3. The highest BCUT2D eigenvalue weighted by atomic mass is 35.5. The highest BCUT2D eigenvalue weighted by Gasteiger charge is 2.32. The van der Waals surface area contributed by atoms with Crippen molar-refractivity contribution in [1.29, 1.82) is 0 Å². The molecule has 0 saturated heterocycles. The van der Waals surface area contributed by atoms with Gasteiger partial charge in [0.1, 0.15) is 5.03 Å². The van der Waals surface area contributed by atoms with Crippen molar-refractivity contribution in [2.24, 2.45) is 0 Å². The van der Waals surface area contributed by atoms with Gasteiger partial charge < -0.3 is 5.32 Å². The zero-order chi connectivity index (χ0) is 14.4. The molecular weight excluding hydrogens is 280 g/mol. The van der Waals surface area contributed by atoms with Crippen molar-refractivity contribution in [2.75, 3.05) is 0 Å². The van der Waals surface area contributed by atoms with Crippen LogP contribution in [0.4, 0.5) is 0 Å². The Morgan fingerprint density at radius 1 is 1.40 bits per heavy atom. The van der Waals surface area contributed by atoms with E-state index in [0.717, 1.165) is 22.4 Å². The van der Waals surface area contributed by atoms with E-state index in [9.17, 15) is 14.9 Å². The maximum Gasteiger partial charge on any atom is 0.250 e. The van der Waals surface area contributed by atoms with Crippen molar-refractivity contribution in [3.05, 3.63) is 67.2 Å². The maximum absolute atomic E-state index is 11.6. The molecule has 1 aliphatic heterocycles. The average molecular weight is 291 g/mol. The molecule has 20 heavy (non-hydrogen) atoms. The predicted octanol–water partition coefficient (Wildman–Crippen LogP) is 2.70. The Hall–Kier alpha value is -2.14. The standard InChI is InChI=1S/C14H11ClN2O3/c1-7-9-3-5-12(18)13(15)14(9)16-11-4-2-8(17(19)20)6-10(7)11/h2-4,16H,5-6H2,1H3. The maximum atomic E-state index is 11.6. The molecule has 102 valence electrons. The summed E-state index contributed by atoms with van der Waals surface area (Å²) < 4.78 is 0. The molecule has 0 amide bonds. The number of halogens is 1. The molecule has 3 rings (SSSR count). The zero-order valence-electron chi connectivity index (χ0n) is 10.7. The fourth-order valence-electron chi connectivity index (χ4n) is 2.60. The molecule has 0 aromatic carbocycles. The van der Waals surface area contributed by atoms with Crippen molar-refractivity contribution >= 4 is 17.4 Å². The lowest BCUT2D eigenvalue weighted by molar-refractivity contribution is -0.427. The minimum absolute atomic E-state index is 0.118. The van der Waals surface area contributed by atoms with Crippen LogP contribution in [0.3, 0.4) is 0 Å². The van der Waals surface area contributed by atoms with Crippen molar-refractivity contribution in [3.63, 3.8) is 0 Å². The molecule has 0 fully saturated rings. The fourth-order valence-corrected chi connectivity index (χ4v) is 2.82. The second kappa shape index (κ2) is 4.45. The topological polar surface area (TPSA) is 72.2 Å². The van der Waals surface area contributed by atoms with Gasteiger partial charge in [-0.05, 0) is 29.7 Å². The van der Waals surface area contributed by atoms with Gasteiger partial charge in [0.15, 0.2) is 5.78 Å². The van der Waals surface area contributed by atoms with Crippen LogP contribution in [0.2, 0.25) is 0 Å². The average Bonchev–Trinajstić information content (AvgIpc) is 2.43. The summed E-state index contributed by atoms with van der Waals surface area (Å²) in [6, 6.07) is 0. The number of hydrogen-bond donors (Lipinski definition) is 1. The van der Waals surface area contributed by atoms with Crippen LogP contribution >= 0.6 is 11.6 Å². The van der Waals surface area contributed by atoms with Gasteiger partial charge in [-0.15, -0.1) is 0 Å². The van der Waals surface area contributed by atoms with E-state index in [1.54, 1.807) is 6.08 Å². The second-order valence-electron chi connectivity index (χ2n) is 4.83. The number of Topliss-reactive ketones (excluding diaryl/α,β-unsaturated/α-hetero) is 1. The van der Waals surface area contributed by atoms with E-state index in [2.05, 4.69) is 5.32 Å². The lowest BCUT2D eigenvalue weighted by atomic mass is 9.85. The highest BCUT2D eigenvalue weighted by Crippen LogP contribution is 2.39. The van der Waals surface area contributed by atoms with Crippen LogP contribution in [0.1, 0.15) is 19.8 Å². The first kappa shape index (κ1) is 12.9. The van der Waals surface area contributed by atoms with Gasteiger partial charge in [-0.2, -0.15) is 0 Å². The SMILES string of the molecule is CC1=C2CC([N+](=O)[O-])=CC=C2NC2=C(Cl)C(=O)CC=C12. The van der Waals surface area contributed by atoms with Crippen LogP contribution < -0.4 is 5.32 Å². The van der Waals surface area contributed by atoms with Crippen molar-refractivity contribution < 1.29 is 9.72 Å². The Bertz CT molecular complexity index is 708. The Kier molecular flexibility index (Phi) is 2.87. The second-order valence-corrected chi connectivity index (χ2v) is 5.21. The van der Waals surface area contributed by atoms with Gasteiger partial charge in [0.25, 0.3) is 5.70 Å². The number of allylic oxidation sites excluding steroid dienone is 7. The monoisotopic (exact) mass is 290 g/mol. The van der Waals surface area contributed by atoms with Crippen LogP contribution in [0.25, 0.3) is 0 Å². The van der Waals surface area contributed by atoms with E-state index in [0.29, 0.717) is 5.70 Å². The lowest BCUT2D eigenvalue weighted by Gasteiger charge is -2.31. The van der Waals surface area contributed by atoms with Crippen LogP contribution in [0, 0.1) is 10.1 Å². The van der Waals surface area contributed by atoms with E-state index in [-0.39, 0.29) is 34.3 Å². The van der Waals surface area contributed by atoms with Crippen LogP contribution in [0.5, 0.6) is 0 Å². The number of carbonyl (C=O) groups excluding carboxylic acids is 1. The van der Waals surface area contributed by atoms with Crippen molar-refractivity contribution in [2.45, 2.75) is 19.8 Å². The summed E-state index contributed by atoms with van der Waals surface area (Å²) in [4.78, 5) is 22.2. The molecule has 0 radical (unpaired) electrons. The largest absolute Gasteiger partial charge is 0.353 e. The van der Waals surface area contributed by atoms with Gasteiger partial charge in [-0.25, -0.2) is 0 Å². The van der Waals surface area contributed by atoms with Gasteiger partial charge in [0.2, 0.25) is 0 Å². The van der Waals surface area contributed by atoms with Crippen molar-refractivity contribution in [1.82, 2.24) is 5.32 Å². The van der Waals surface area contributed by atoms with Crippen LogP contribution in [-0.2, 0) is 4.79 Å². The van der Waals surface area contributed by atoms with Gasteiger partial charge in [-0.3, -0.25) is 14.9 Å². The first-order chi connectivity index (χ1) is 9.49. The molecule has 0 saturated carbocycles. The molecule has 0 aromatic heterocycles. The normalized spacial score (nSPS) is 21.5. The highest BCUT2D eigenvalue weighted by molar-refractivity contribution is 6.43. The number of rotatable bonds is 1. The Morgan fingerprint density at radius 3 is 2.85 bits per heavy atom. The summed E-state index contributed by atoms with van der Waals surface area (Å²) in [5.74, 6) is -0.118. The minimum Gasteiger partial charge on any atom is -0.353 e. The lowest BCUT2D eigenvalue weighted by Crippen LogP contribution is -2.28. The first-order valence-electron chi connectivity index (χ1n) is 6.15. The molecule has 0 aromatic rings. The Morgan fingerprint density at radius 2 is 2.15 bits per heavy atom.